The Balaban J connectivity index is 1.90. The van der Waals surface area contributed by atoms with Gasteiger partial charge in [-0.15, -0.1) is 0 Å². The molecule has 0 aliphatic carbocycles. The summed E-state index contributed by atoms with van der Waals surface area (Å²) in [6.07, 6.45) is 1.51. The second-order valence-electron chi connectivity index (χ2n) is 4.48. The Morgan fingerprint density at radius 2 is 2.05 bits per heavy atom. The highest BCUT2D eigenvalue weighted by Gasteiger charge is 2.20. The number of benzene rings is 1. The molecule has 0 unspecified atom stereocenters. The van der Waals surface area contributed by atoms with Crippen molar-refractivity contribution in [3.8, 4) is 11.3 Å². The topological polar surface area (TPSA) is 97.4 Å². The molecule has 110 valence electrons. The number of carbonyl (C=O) groups excluding carboxylic acids is 1. The Labute approximate surface area is 129 Å². The van der Waals surface area contributed by atoms with Gasteiger partial charge in [-0.2, -0.15) is 0 Å². The number of nitrogens with zero attached hydrogens (tertiary/aromatic N) is 1. The molecule has 1 aromatic carbocycles. The van der Waals surface area contributed by atoms with Crippen LogP contribution >= 0.6 is 12.2 Å². The van der Waals surface area contributed by atoms with Gasteiger partial charge in [0, 0.05) is 23.8 Å². The minimum Gasteiger partial charge on any atom is -0.457 e. The molecule has 1 amide bonds. The molecule has 22 heavy (non-hydrogen) atoms. The van der Waals surface area contributed by atoms with Crippen LogP contribution in [0.5, 0.6) is 0 Å². The van der Waals surface area contributed by atoms with Crippen LogP contribution in [0, 0.1) is 10.1 Å². The van der Waals surface area contributed by atoms with E-state index in [1.807, 2.05) is 0 Å². The maximum absolute atomic E-state index is 11.5. The molecule has 1 aromatic heterocycles. The van der Waals surface area contributed by atoms with Crippen LogP contribution in [0.25, 0.3) is 17.4 Å². The van der Waals surface area contributed by atoms with E-state index in [2.05, 4.69) is 10.6 Å². The third-order valence-corrected chi connectivity index (χ3v) is 3.18. The number of hydrogen-bond donors (Lipinski definition) is 2. The first kappa shape index (κ1) is 14.0. The fourth-order valence-electron chi connectivity index (χ4n) is 1.98. The summed E-state index contributed by atoms with van der Waals surface area (Å²) in [4.78, 5) is 21.9. The van der Waals surface area contributed by atoms with Crippen molar-refractivity contribution in [2.75, 3.05) is 0 Å². The van der Waals surface area contributed by atoms with E-state index in [9.17, 15) is 14.9 Å². The predicted octanol–water partition coefficient (Wildman–Crippen LogP) is 2.20. The Morgan fingerprint density at radius 3 is 2.73 bits per heavy atom. The number of rotatable bonds is 3. The molecule has 0 atom stereocenters. The third-order valence-electron chi connectivity index (χ3n) is 2.97. The number of nitro benzene ring substituents is 1. The van der Waals surface area contributed by atoms with E-state index in [-0.39, 0.29) is 22.4 Å². The number of furan rings is 1. The van der Waals surface area contributed by atoms with Crippen molar-refractivity contribution in [1.82, 2.24) is 10.6 Å². The van der Waals surface area contributed by atoms with E-state index in [1.165, 1.54) is 18.2 Å². The fraction of sp³-hybridized carbons (Fsp3) is 0. The molecule has 7 nitrogen and oxygen atoms in total. The summed E-state index contributed by atoms with van der Waals surface area (Å²) in [5.74, 6) is 0.568. The van der Waals surface area contributed by atoms with Crippen molar-refractivity contribution in [1.29, 1.82) is 0 Å². The number of amides is 1. The van der Waals surface area contributed by atoms with Gasteiger partial charge < -0.3 is 9.73 Å². The lowest BCUT2D eigenvalue weighted by Crippen LogP contribution is -2.21. The second-order valence-corrected chi connectivity index (χ2v) is 4.88. The van der Waals surface area contributed by atoms with Gasteiger partial charge in [-0.1, -0.05) is 12.1 Å². The summed E-state index contributed by atoms with van der Waals surface area (Å²) < 4.78 is 5.59. The van der Waals surface area contributed by atoms with Crippen LogP contribution in [-0.4, -0.2) is 15.9 Å². The molecule has 1 fully saturated rings. The van der Waals surface area contributed by atoms with Crippen molar-refractivity contribution in [2.45, 2.75) is 0 Å². The fourth-order valence-corrected chi connectivity index (χ4v) is 2.19. The quantitative estimate of drug-likeness (QED) is 0.390. The molecule has 0 bridgehead atoms. The van der Waals surface area contributed by atoms with E-state index in [4.69, 9.17) is 16.6 Å². The zero-order valence-electron chi connectivity index (χ0n) is 11.0. The summed E-state index contributed by atoms with van der Waals surface area (Å²) in [5.41, 5.74) is 0.846. The van der Waals surface area contributed by atoms with E-state index in [0.29, 0.717) is 17.1 Å². The van der Waals surface area contributed by atoms with Gasteiger partial charge in [0.15, 0.2) is 5.11 Å². The van der Waals surface area contributed by atoms with Gasteiger partial charge in [0.2, 0.25) is 0 Å². The summed E-state index contributed by atoms with van der Waals surface area (Å²) in [5, 5.41) is 16.2. The van der Waals surface area contributed by atoms with Crippen LogP contribution in [0.3, 0.4) is 0 Å². The van der Waals surface area contributed by atoms with Crippen molar-refractivity contribution in [3.05, 3.63) is 58.0 Å². The number of carbonyl (C=O) groups is 1. The van der Waals surface area contributed by atoms with Crippen LogP contribution in [0.1, 0.15) is 5.76 Å². The summed E-state index contributed by atoms with van der Waals surface area (Å²) >= 11 is 4.83. The summed E-state index contributed by atoms with van der Waals surface area (Å²) in [7, 11) is 0. The van der Waals surface area contributed by atoms with Crippen LogP contribution < -0.4 is 10.6 Å². The zero-order valence-corrected chi connectivity index (χ0v) is 11.8. The molecule has 3 rings (SSSR count). The Hall–Kier alpha value is -3.00. The van der Waals surface area contributed by atoms with Gasteiger partial charge in [0.1, 0.15) is 17.2 Å². The zero-order chi connectivity index (χ0) is 15.7. The lowest BCUT2D eigenvalue weighted by atomic mass is 10.1. The smallest absolute Gasteiger partial charge is 0.274 e. The van der Waals surface area contributed by atoms with Gasteiger partial charge in [-0.05, 0) is 24.4 Å². The molecule has 2 heterocycles. The van der Waals surface area contributed by atoms with Gasteiger partial charge in [0.05, 0.1) is 4.92 Å². The van der Waals surface area contributed by atoms with E-state index >= 15 is 0 Å². The molecular weight excluding hydrogens is 306 g/mol. The SMILES string of the molecule is O=C1NC(=S)NC1=Cc1ccc(-c2cccc([N+](=O)[O-])c2)o1. The van der Waals surface area contributed by atoms with Gasteiger partial charge >= 0.3 is 0 Å². The minimum atomic E-state index is -0.469. The van der Waals surface area contributed by atoms with E-state index < -0.39 is 4.92 Å². The van der Waals surface area contributed by atoms with Crippen molar-refractivity contribution < 1.29 is 14.1 Å². The van der Waals surface area contributed by atoms with Crippen LogP contribution in [-0.2, 0) is 4.79 Å². The summed E-state index contributed by atoms with van der Waals surface area (Å²) in [6.45, 7) is 0. The van der Waals surface area contributed by atoms with Crippen molar-refractivity contribution >= 4 is 35.0 Å². The molecule has 0 saturated carbocycles. The van der Waals surface area contributed by atoms with Gasteiger partial charge in [0.25, 0.3) is 11.6 Å². The molecule has 0 spiro atoms. The number of nitro groups is 1. The van der Waals surface area contributed by atoms with Crippen molar-refractivity contribution in [3.63, 3.8) is 0 Å². The van der Waals surface area contributed by atoms with Crippen LogP contribution in [0.15, 0.2) is 46.5 Å². The predicted molar refractivity (Wildman–Crippen MR) is 82.7 cm³/mol. The van der Waals surface area contributed by atoms with E-state index in [0.717, 1.165) is 0 Å². The maximum atomic E-state index is 11.5. The first-order valence-corrected chi connectivity index (χ1v) is 6.62. The molecule has 2 aromatic rings. The number of hydrogen-bond acceptors (Lipinski definition) is 5. The molecule has 2 N–H and O–H groups in total. The molecule has 1 saturated heterocycles. The van der Waals surface area contributed by atoms with Crippen LogP contribution in [0.4, 0.5) is 5.69 Å². The van der Waals surface area contributed by atoms with Crippen LogP contribution in [0.2, 0.25) is 0 Å². The number of thiocarbonyl (C=S) groups is 1. The molecule has 0 radical (unpaired) electrons. The monoisotopic (exact) mass is 315 g/mol. The maximum Gasteiger partial charge on any atom is 0.274 e. The molecule has 8 heteroatoms. The largest absolute Gasteiger partial charge is 0.457 e. The number of nitrogens with one attached hydrogen (secondary N) is 2. The average Bonchev–Trinajstić information content (AvgIpc) is 3.06. The number of non-ortho nitro benzene ring substituents is 1. The first-order chi connectivity index (χ1) is 10.5. The normalized spacial score (nSPS) is 15.7. The van der Waals surface area contributed by atoms with Crippen molar-refractivity contribution in [2.24, 2.45) is 0 Å². The molecule has 1 aliphatic heterocycles. The Morgan fingerprint density at radius 1 is 1.23 bits per heavy atom. The molecular formula is C14H9N3O4S. The minimum absolute atomic E-state index is 0.0176. The summed E-state index contributed by atoms with van der Waals surface area (Å²) in [6, 6.07) is 9.46. The third kappa shape index (κ3) is 2.72. The second kappa shape index (κ2) is 5.41. The van der Waals surface area contributed by atoms with Gasteiger partial charge in [-0.3, -0.25) is 20.2 Å². The highest BCUT2D eigenvalue weighted by molar-refractivity contribution is 7.80. The highest BCUT2D eigenvalue weighted by Crippen LogP contribution is 2.26. The Bertz CT molecular complexity index is 825. The first-order valence-electron chi connectivity index (χ1n) is 6.21. The Kier molecular flexibility index (Phi) is 3.43. The van der Waals surface area contributed by atoms with Gasteiger partial charge in [-0.25, -0.2) is 0 Å². The average molecular weight is 315 g/mol. The standard InChI is InChI=1S/C14H9N3O4S/c18-13-11(15-14(22)16-13)7-10-4-5-12(21-10)8-2-1-3-9(6-8)17(19)20/h1-7H,(H2,15,16,18,22). The molecule has 1 aliphatic rings. The highest BCUT2D eigenvalue weighted by atomic mass is 32.1. The lowest BCUT2D eigenvalue weighted by molar-refractivity contribution is -0.384. The lowest BCUT2D eigenvalue weighted by Gasteiger charge is -1.97. The van der Waals surface area contributed by atoms with E-state index in [1.54, 1.807) is 24.3 Å².